The molecule has 2 aliphatic rings. The van der Waals surface area contributed by atoms with Crippen LogP contribution in [0.1, 0.15) is 41.8 Å². The molecule has 1 aliphatic heterocycles. The van der Waals surface area contributed by atoms with Crippen LogP contribution >= 0.6 is 0 Å². The van der Waals surface area contributed by atoms with Gasteiger partial charge in [-0.25, -0.2) is 4.98 Å². The van der Waals surface area contributed by atoms with Crippen molar-refractivity contribution in [3.05, 3.63) is 17.2 Å². The van der Waals surface area contributed by atoms with Gasteiger partial charge in [0.15, 0.2) is 12.1 Å². The van der Waals surface area contributed by atoms with Crippen LogP contribution in [0.5, 0.6) is 0 Å². The zero-order valence-corrected chi connectivity index (χ0v) is 12.2. The molecule has 1 aromatic rings. The first-order valence-corrected chi connectivity index (χ1v) is 7.54. The summed E-state index contributed by atoms with van der Waals surface area (Å²) in [6.07, 6.45) is 4.01. The van der Waals surface area contributed by atoms with Gasteiger partial charge in [-0.15, -0.1) is 0 Å². The molecule has 0 aromatic carbocycles. The minimum Gasteiger partial charge on any atom is -0.466 e. The first-order chi connectivity index (χ1) is 10.2. The Hall–Kier alpha value is -1.69. The summed E-state index contributed by atoms with van der Waals surface area (Å²) in [5, 5.41) is 0. The van der Waals surface area contributed by atoms with Gasteiger partial charge in [-0.05, 0) is 26.2 Å². The van der Waals surface area contributed by atoms with Crippen LogP contribution in [0.25, 0.3) is 0 Å². The van der Waals surface area contributed by atoms with Crippen LogP contribution in [0.2, 0.25) is 0 Å². The Morgan fingerprint density at radius 3 is 2.95 bits per heavy atom. The van der Waals surface area contributed by atoms with E-state index in [-0.39, 0.29) is 18.0 Å². The maximum absolute atomic E-state index is 11.9. The van der Waals surface area contributed by atoms with Crippen molar-refractivity contribution in [2.24, 2.45) is 5.92 Å². The van der Waals surface area contributed by atoms with Crippen LogP contribution in [0.4, 0.5) is 0 Å². The van der Waals surface area contributed by atoms with Crippen molar-refractivity contribution in [1.29, 1.82) is 0 Å². The van der Waals surface area contributed by atoms with Crippen molar-refractivity contribution in [2.45, 2.75) is 45.3 Å². The van der Waals surface area contributed by atoms with Crippen LogP contribution < -0.4 is 0 Å². The smallest absolute Gasteiger partial charge is 0.309 e. The second-order valence-corrected chi connectivity index (χ2v) is 5.57. The Morgan fingerprint density at radius 1 is 1.52 bits per heavy atom. The van der Waals surface area contributed by atoms with Crippen molar-refractivity contribution in [1.82, 2.24) is 9.55 Å². The van der Waals surface area contributed by atoms with Gasteiger partial charge in [-0.1, -0.05) is 0 Å². The molecule has 2 atom stereocenters. The third-order valence-electron chi connectivity index (χ3n) is 4.26. The zero-order chi connectivity index (χ0) is 14.8. The molecule has 0 saturated carbocycles. The number of carbonyl (C=O) groups excluding carboxylic acids is 2. The predicted molar refractivity (Wildman–Crippen MR) is 74.1 cm³/mol. The Kier molecular flexibility index (Phi) is 4.05. The van der Waals surface area contributed by atoms with Gasteiger partial charge in [-0.3, -0.25) is 9.59 Å². The van der Waals surface area contributed by atoms with Crippen LogP contribution in [0.3, 0.4) is 0 Å². The summed E-state index contributed by atoms with van der Waals surface area (Å²) in [5.74, 6) is 0.165. The molecule has 0 amide bonds. The molecule has 3 rings (SSSR count). The van der Waals surface area contributed by atoms with Crippen molar-refractivity contribution < 1.29 is 19.1 Å². The van der Waals surface area contributed by atoms with Gasteiger partial charge in [0.25, 0.3) is 0 Å². The van der Waals surface area contributed by atoms with Crippen molar-refractivity contribution >= 4 is 12.3 Å². The first kappa shape index (κ1) is 14.3. The number of nitrogens with zero attached hydrogens (tertiary/aromatic N) is 2. The lowest BCUT2D eigenvalue weighted by atomic mass is 9.89. The molecule has 2 heterocycles. The van der Waals surface area contributed by atoms with Crippen molar-refractivity contribution in [2.75, 3.05) is 13.2 Å². The van der Waals surface area contributed by atoms with Crippen molar-refractivity contribution in [3.8, 4) is 0 Å². The normalized spacial score (nSPS) is 24.0. The number of aldehydes is 1. The molecule has 114 valence electrons. The highest BCUT2D eigenvalue weighted by molar-refractivity contribution is 5.74. The standard InChI is InChI=1S/C15H20N2O4/c1-2-20-15(19)10-3-4-12-13(7-10)17(14(9-18)16-12)8-11-5-6-21-11/h9-11H,2-8H2,1H3. The molecule has 6 nitrogen and oxygen atoms in total. The fourth-order valence-corrected chi connectivity index (χ4v) is 3.02. The van der Waals surface area contributed by atoms with Gasteiger partial charge in [0.2, 0.25) is 0 Å². The lowest BCUT2D eigenvalue weighted by Gasteiger charge is -2.29. The molecule has 1 aromatic heterocycles. The summed E-state index contributed by atoms with van der Waals surface area (Å²) in [6.45, 7) is 3.64. The molecular formula is C15H20N2O4. The van der Waals surface area contributed by atoms with Gasteiger partial charge in [0.05, 0.1) is 30.9 Å². The first-order valence-electron chi connectivity index (χ1n) is 7.54. The van der Waals surface area contributed by atoms with Gasteiger partial charge in [0, 0.05) is 18.7 Å². The van der Waals surface area contributed by atoms with Gasteiger partial charge in [0.1, 0.15) is 0 Å². The molecule has 1 aliphatic carbocycles. The monoisotopic (exact) mass is 292 g/mol. The Bertz CT molecular complexity index is 548. The Balaban J connectivity index is 1.82. The summed E-state index contributed by atoms with van der Waals surface area (Å²) in [7, 11) is 0. The second kappa shape index (κ2) is 5.97. The molecule has 0 spiro atoms. The molecule has 6 heteroatoms. The van der Waals surface area contributed by atoms with Crippen LogP contribution in [-0.4, -0.2) is 41.1 Å². The van der Waals surface area contributed by atoms with Gasteiger partial charge >= 0.3 is 5.97 Å². The van der Waals surface area contributed by atoms with E-state index in [1.807, 2.05) is 11.5 Å². The highest BCUT2D eigenvalue weighted by Crippen LogP contribution is 2.28. The molecular weight excluding hydrogens is 272 g/mol. The van der Waals surface area contributed by atoms with E-state index in [1.165, 1.54) is 0 Å². The number of rotatable bonds is 5. The quantitative estimate of drug-likeness (QED) is 0.601. The van der Waals surface area contributed by atoms with Crippen LogP contribution in [-0.2, 0) is 33.7 Å². The molecule has 0 N–H and O–H groups in total. The third-order valence-corrected chi connectivity index (χ3v) is 4.26. The number of aromatic nitrogens is 2. The number of aryl methyl sites for hydroxylation is 1. The summed E-state index contributed by atoms with van der Waals surface area (Å²) < 4.78 is 12.5. The number of hydrogen-bond donors (Lipinski definition) is 0. The maximum Gasteiger partial charge on any atom is 0.309 e. The average molecular weight is 292 g/mol. The molecule has 0 bridgehead atoms. The highest BCUT2D eigenvalue weighted by Gasteiger charge is 2.31. The Labute approximate surface area is 123 Å². The summed E-state index contributed by atoms with van der Waals surface area (Å²) in [5.41, 5.74) is 1.94. The van der Waals surface area contributed by atoms with E-state index < -0.39 is 0 Å². The summed E-state index contributed by atoms with van der Waals surface area (Å²) >= 11 is 0. The van der Waals surface area contributed by atoms with Gasteiger partial charge in [-0.2, -0.15) is 0 Å². The van der Waals surface area contributed by atoms with Gasteiger partial charge < -0.3 is 14.0 Å². The average Bonchev–Trinajstić information content (AvgIpc) is 2.80. The number of carbonyl (C=O) groups is 2. The van der Waals surface area contributed by atoms with E-state index in [1.54, 1.807) is 0 Å². The molecule has 21 heavy (non-hydrogen) atoms. The van der Waals surface area contributed by atoms with E-state index in [4.69, 9.17) is 9.47 Å². The highest BCUT2D eigenvalue weighted by atomic mass is 16.5. The zero-order valence-electron chi connectivity index (χ0n) is 12.2. The predicted octanol–water partition coefficient (Wildman–Crippen LogP) is 1.15. The topological polar surface area (TPSA) is 70.4 Å². The minimum absolute atomic E-state index is 0.130. The van der Waals surface area contributed by atoms with E-state index in [2.05, 4.69) is 4.98 Å². The number of esters is 1. The van der Waals surface area contributed by atoms with E-state index in [0.29, 0.717) is 25.4 Å². The molecule has 1 saturated heterocycles. The fraction of sp³-hybridized carbons (Fsp3) is 0.667. The summed E-state index contributed by atoms with van der Waals surface area (Å²) in [4.78, 5) is 27.6. The van der Waals surface area contributed by atoms with E-state index in [9.17, 15) is 9.59 Å². The maximum atomic E-state index is 11.9. The summed E-state index contributed by atoms with van der Waals surface area (Å²) in [6, 6.07) is 0. The number of fused-ring (bicyclic) bond motifs is 1. The molecule has 1 fully saturated rings. The molecule has 2 unspecified atom stereocenters. The number of ether oxygens (including phenoxy) is 2. The second-order valence-electron chi connectivity index (χ2n) is 5.57. The third kappa shape index (κ3) is 2.72. The lowest BCUT2D eigenvalue weighted by molar-refractivity contribution is -0.148. The van der Waals surface area contributed by atoms with Crippen LogP contribution in [0.15, 0.2) is 0 Å². The Morgan fingerprint density at radius 2 is 2.33 bits per heavy atom. The largest absolute Gasteiger partial charge is 0.466 e. The number of imidazole rings is 1. The SMILES string of the molecule is CCOC(=O)C1CCc2nc(C=O)n(CC3CCO3)c2C1. The molecule has 0 radical (unpaired) electrons. The van der Waals surface area contributed by atoms with Crippen molar-refractivity contribution in [3.63, 3.8) is 0 Å². The fourth-order valence-electron chi connectivity index (χ4n) is 3.02. The van der Waals surface area contributed by atoms with E-state index in [0.717, 1.165) is 43.5 Å². The lowest BCUT2D eigenvalue weighted by Crippen LogP contribution is -2.33. The number of hydrogen-bond acceptors (Lipinski definition) is 5. The van der Waals surface area contributed by atoms with E-state index >= 15 is 0 Å². The van der Waals surface area contributed by atoms with Crippen LogP contribution in [0, 0.1) is 5.92 Å². The minimum atomic E-state index is -0.150.